The second kappa shape index (κ2) is 4.88. The van der Waals surface area contributed by atoms with Crippen LogP contribution in [0.2, 0.25) is 0 Å². The molecule has 0 spiro atoms. The van der Waals surface area contributed by atoms with Crippen molar-refractivity contribution < 1.29 is 4.74 Å². The molecule has 0 saturated carbocycles. The summed E-state index contributed by atoms with van der Waals surface area (Å²) >= 11 is 1.69. The zero-order valence-corrected chi connectivity index (χ0v) is 11.5. The molecule has 0 atom stereocenters. The Balaban J connectivity index is 2.53. The van der Waals surface area contributed by atoms with E-state index in [9.17, 15) is 0 Å². The van der Waals surface area contributed by atoms with Crippen molar-refractivity contribution in [2.75, 3.05) is 7.11 Å². The van der Waals surface area contributed by atoms with Crippen molar-refractivity contribution in [1.29, 1.82) is 0 Å². The van der Waals surface area contributed by atoms with E-state index in [2.05, 4.69) is 36.3 Å². The summed E-state index contributed by atoms with van der Waals surface area (Å²) in [5.74, 6) is 1.37. The molecule has 2 aromatic rings. The summed E-state index contributed by atoms with van der Waals surface area (Å²) in [6.07, 6.45) is 0. The van der Waals surface area contributed by atoms with Gasteiger partial charge in [-0.3, -0.25) is 0 Å². The third-order valence-corrected chi connectivity index (χ3v) is 3.55. The molecular formula is C14H17NOS. The molecule has 0 aliphatic heterocycles. The Morgan fingerprint density at radius 1 is 1.29 bits per heavy atom. The van der Waals surface area contributed by atoms with Crippen molar-refractivity contribution in [1.82, 2.24) is 4.98 Å². The Kier molecular flexibility index (Phi) is 3.48. The monoisotopic (exact) mass is 247 g/mol. The second-order valence-electron chi connectivity index (χ2n) is 4.36. The van der Waals surface area contributed by atoms with E-state index in [4.69, 9.17) is 4.74 Å². The van der Waals surface area contributed by atoms with Crippen LogP contribution >= 0.6 is 11.3 Å². The van der Waals surface area contributed by atoms with Gasteiger partial charge in [0.15, 0.2) is 0 Å². The Hall–Kier alpha value is -1.35. The van der Waals surface area contributed by atoms with Crippen LogP contribution in [0.4, 0.5) is 0 Å². The number of ether oxygens (including phenoxy) is 1. The minimum Gasteiger partial charge on any atom is -0.497 e. The summed E-state index contributed by atoms with van der Waals surface area (Å²) in [5, 5.41) is 3.22. The zero-order chi connectivity index (χ0) is 12.4. The van der Waals surface area contributed by atoms with Crippen LogP contribution in [0.5, 0.6) is 5.75 Å². The molecule has 1 aromatic carbocycles. The van der Waals surface area contributed by atoms with Gasteiger partial charge in [-0.05, 0) is 36.6 Å². The molecule has 1 aromatic heterocycles. The van der Waals surface area contributed by atoms with Crippen molar-refractivity contribution >= 4 is 11.3 Å². The lowest BCUT2D eigenvalue weighted by atomic mass is 9.95. The lowest BCUT2D eigenvalue weighted by Crippen LogP contribution is -1.94. The van der Waals surface area contributed by atoms with E-state index in [0.29, 0.717) is 5.92 Å². The molecular weight excluding hydrogens is 230 g/mol. The van der Waals surface area contributed by atoms with Crippen LogP contribution in [0.15, 0.2) is 23.6 Å². The van der Waals surface area contributed by atoms with Gasteiger partial charge in [-0.1, -0.05) is 13.8 Å². The predicted molar refractivity (Wildman–Crippen MR) is 72.9 cm³/mol. The average molecular weight is 247 g/mol. The highest BCUT2D eigenvalue weighted by Gasteiger charge is 2.12. The number of hydrogen-bond donors (Lipinski definition) is 0. The van der Waals surface area contributed by atoms with E-state index in [1.165, 1.54) is 11.1 Å². The number of nitrogens with zero attached hydrogens (tertiary/aromatic N) is 1. The van der Waals surface area contributed by atoms with Crippen LogP contribution in [-0.4, -0.2) is 12.1 Å². The SMILES string of the molecule is COc1ccc(-c2csc(C)n2)c(C(C)C)c1. The number of rotatable bonds is 3. The highest BCUT2D eigenvalue weighted by molar-refractivity contribution is 7.09. The topological polar surface area (TPSA) is 22.1 Å². The molecule has 2 nitrogen and oxygen atoms in total. The van der Waals surface area contributed by atoms with Crippen molar-refractivity contribution in [3.8, 4) is 17.0 Å². The number of aromatic nitrogens is 1. The number of hydrogen-bond acceptors (Lipinski definition) is 3. The first-order chi connectivity index (χ1) is 8.11. The maximum Gasteiger partial charge on any atom is 0.119 e. The molecule has 2 rings (SSSR count). The fourth-order valence-electron chi connectivity index (χ4n) is 1.87. The Labute approximate surface area is 106 Å². The Bertz CT molecular complexity index is 517. The lowest BCUT2D eigenvalue weighted by molar-refractivity contribution is 0.414. The molecule has 3 heteroatoms. The van der Waals surface area contributed by atoms with Crippen molar-refractivity contribution in [2.24, 2.45) is 0 Å². The minimum atomic E-state index is 0.460. The Morgan fingerprint density at radius 2 is 2.06 bits per heavy atom. The molecule has 1 heterocycles. The van der Waals surface area contributed by atoms with E-state index < -0.39 is 0 Å². The maximum absolute atomic E-state index is 5.28. The van der Waals surface area contributed by atoms with Crippen LogP contribution in [0.25, 0.3) is 11.3 Å². The summed E-state index contributed by atoms with van der Waals surface area (Å²) < 4.78 is 5.28. The summed E-state index contributed by atoms with van der Waals surface area (Å²) in [7, 11) is 1.70. The van der Waals surface area contributed by atoms with E-state index in [-0.39, 0.29) is 0 Å². The van der Waals surface area contributed by atoms with Gasteiger partial charge in [0.05, 0.1) is 17.8 Å². The molecule has 0 saturated heterocycles. The first-order valence-electron chi connectivity index (χ1n) is 5.72. The molecule has 0 bridgehead atoms. The highest BCUT2D eigenvalue weighted by Crippen LogP contribution is 2.32. The molecule has 0 radical (unpaired) electrons. The van der Waals surface area contributed by atoms with E-state index in [1.807, 2.05) is 13.0 Å². The lowest BCUT2D eigenvalue weighted by Gasteiger charge is -2.12. The van der Waals surface area contributed by atoms with Crippen molar-refractivity contribution in [2.45, 2.75) is 26.7 Å². The van der Waals surface area contributed by atoms with Crippen molar-refractivity contribution in [3.63, 3.8) is 0 Å². The fraction of sp³-hybridized carbons (Fsp3) is 0.357. The first-order valence-corrected chi connectivity index (χ1v) is 6.60. The highest BCUT2D eigenvalue weighted by atomic mass is 32.1. The molecule has 90 valence electrons. The average Bonchev–Trinajstić information content (AvgIpc) is 2.75. The molecule has 0 unspecified atom stereocenters. The third-order valence-electron chi connectivity index (χ3n) is 2.78. The quantitative estimate of drug-likeness (QED) is 0.809. The predicted octanol–water partition coefficient (Wildman–Crippen LogP) is 4.25. The number of methoxy groups -OCH3 is 1. The largest absolute Gasteiger partial charge is 0.497 e. The summed E-state index contributed by atoms with van der Waals surface area (Å²) in [6, 6.07) is 6.20. The van der Waals surface area contributed by atoms with Gasteiger partial charge >= 0.3 is 0 Å². The van der Waals surface area contributed by atoms with Gasteiger partial charge in [0.1, 0.15) is 5.75 Å². The smallest absolute Gasteiger partial charge is 0.119 e. The molecule has 0 aliphatic carbocycles. The van der Waals surface area contributed by atoms with Crippen LogP contribution in [0, 0.1) is 6.92 Å². The summed E-state index contributed by atoms with van der Waals surface area (Å²) in [4.78, 5) is 4.56. The Morgan fingerprint density at radius 3 is 2.59 bits per heavy atom. The van der Waals surface area contributed by atoms with E-state index >= 15 is 0 Å². The van der Waals surface area contributed by atoms with Gasteiger partial charge < -0.3 is 4.74 Å². The first kappa shape index (κ1) is 12.1. The summed E-state index contributed by atoms with van der Waals surface area (Å²) in [6.45, 7) is 6.42. The van der Waals surface area contributed by atoms with Crippen LogP contribution < -0.4 is 4.74 Å². The molecule has 0 amide bonds. The maximum atomic E-state index is 5.28. The van der Waals surface area contributed by atoms with Crippen LogP contribution in [0.1, 0.15) is 30.3 Å². The second-order valence-corrected chi connectivity index (χ2v) is 5.42. The standard InChI is InChI=1S/C14H17NOS/c1-9(2)13-7-11(16-4)5-6-12(13)14-8-17-10(3)15-14/h5-9H,1-4H3. The summed E-state index contributed by atoms with van der Waals surface area (Å²) in [5.41, 5.74) is 3.57. The molecule has 0 aliphatic rings. The molecule has 0 fully saturated rings. The van der Waals surface area contributed by atoms with E-state index in [1.54, 1.807) is 18.4 Å². The normalized spacial score (nSPS) is 10.9. The fourth-order valence-corrected chi connectivity index (χ4v) is 2.48. The third kappa shape index (κ3) is 2.50. The number of aryl methyl sites for hydroxylation is 1. The van der Waals surface area contributed by atoms with Gasteiger partial charge in [0.25, 0.3) is 0 Å². The van der Waals surface area contributed by atoms with Crippen LogP contribution in [-0.2, 0) is 0 Å². The van der Waals surface area contributed by atoms with Gasteiger partial charge in [0.2, 0.25) is 0 Å². The van der Waals surface area contributed by atoms with Crippen molar-refractivity contribution in [3.05, 3.63) is 34.2 Å². The number of thiazole rings is 1. The van der Waals surface area contributed by atoms with Gasteiger partial charge in [-0.25, -0.2) is 4.98 Å². The molecule has 0 N–H and O–H groups in total. The van der Waals surface area contributed by atoms with Crippen LogP contribution in [0.3, 0.4) is 0 Å². The van der Waals surface area contributed by atoms with Gasteiger partial charge in [-0.15, -0.1) is 11.3 Å². The zero-order valence-electron chi connectivity index (χ0n) is 10.7. The molecule has 17 heavy (non-hydrogen) atoms. The van der Waals surface area contributed by atoms with Gasteiger partial charge in [-0.2, -0.15) is 0 Å². The van der Waals surface area contributed by atoms with E-state index in [0.717, 1.165) is 16.5 Å². The minimum absolute atomic E-state index is 0.460. The number of benzene rings is 1. The van der Waals surface area contributed by atoms with Gasteiger partial charge in [0, 0.05) is 10.9 Å².